The Bertz CT molecular complexity index is 682. The van der Waals surface area contributed by atoms with Crippen LogP contribution in [-0.4, -0.2) is 17.1 Å². The van der Waals surface area contributed by atoms with Crippen LogP contribution in [0.5, 0.6) is 5.75 Å². The Labute approximate surface area is 142 Å². The van der Waals surface area contributed by atoms with Crippen LogP contribution in [-0.2, 0) is 5.60 Å². The normalized spacial score (nSPS) is 14.7. The minimum absolute atomic E-state index is 0.0538. The van der Waals surface area contributed by atoms with Crippen LogP contribution >= 0.6 is 0 Å². The van der Waals surface area contributed by atoms with Gasteiger partial charge in [0.25, 0.3) is 5.69 Å². The van der Waals surface area contributed by atoms with Gasteiger partial charge in [-0.3, -0.25) is 10.1 Å². The lowest BCUT2D eigenvalue weighted by molar-refractivity contribution is -0.384. The zero-order valence-electron chi connectivity index (χ0n) is 14.2. The third-order valence-electron chi connectivity index (χ3n) is 4.62. The number of hydrogen-bond acceptors (Lipinski definition) is 4. The number of nitrogens with zero attached hydrogens (tertiary/aromatic N) is 1. The zero-order chi connectivity index (χ0) is 17.7. The van der Waals surface area contributed by atoms with Crippen molar-refractivity contribution in [1.29, 1.82) is 0 Å². The summed E-state index contributed by atoms with van der Waals surface area (Å²) in [6.45, 7) is 3.95. The number of rotatable bonds is 7. The molecule has 0 spiro atoms. The highest BCUT2D eigenvalue weighted by molar-refractivity contribution is 5.38. The first-order valence-electron chi connectivity index (χ1n) is 8.07. The summed E-state index contributed by atoms with van der Waals surface area (Å²) in [6, 6.07) is 13.8. The number of non-ortho nitro benzene ring substituents is 1. The number of nitro groups is 1. The molecule has 2 rings (SSSR count). The summed E-state index contributed by atoms with van der Waals surface area (Å²) in [6.07, 6.45) is 1.25. The largest absolute Gasteiger partial charge is 0.497 e. The van der Waals surface area contributed by atoms with E-state index in [-0.39, 0.29) is 11.6 Å². The lowest BCUT2D eigenvalue weighted by atomic mass is 9.74. The van der Waals surface area contributed by atoms with Gasteiger partial charge in [0.15, 0.2) is 0 Å². The maximum Gasteiger partial charge on any atom is 0.269 e. The molecule has 0 heterocycles. The highest BCUT2D eigenvalue weighted by Gasteiger charge is 2.36. The highest BCUT2D eigenvalue weighted by atomic mass is 16.6. The second-order valence-corrected chi connectivity index (χ2v) is 5.82. The lowest BCUT2D eigenvalue weighted by Gasteiger charge is -2.36. The number of aliphatic hydroxyl groups is 1. The van der Waals surface area contributed by atoms with Crippen molar-refractivity contribution >= 4 is 5.69 Å². The van der Waals surface area contributed by atoms with Gasteiger partial charge >= 0.3 is 0 Å². The minimum atomic E-state index is -1.04. The number of nitro benzene ring substituents is 1. The number of hydrogen-bond donors (Lipinski definition) is 1. The van der Waals surface area contributed by atoms with Crippen LogP contribution in [0.2, 0.25) is 0 Å². The molecule has 0 aromatic heterocycles. The standard InChI is InChI=1S/C19H23NO4/c1-4-18(14-6-10-16(11-7-14)20(22)23)19(21,5-2)15-8-12-17(24-3)13-9-15/h6-13,18,21H,4-5H2,1-3H3/t18-,19-/m1/s1. The van der Waals surface area contributed by atoms with E-state index in [1.807, 2.05) is 38.1 Å². The van der Waals surface area contributed by atoms with Crippen molar-refractivity contribution in [3.8, 4) is 5.75 Å². The average Bonchev–Trinajstić information content (AvgIpc) is 2.62. The topological polar surface area (TPSA) is 72.6 Å². The molecule has 0 fully saturated rings. The van der Waals surface area contributed by atoms with E-state index in [1.165, 1.54) is 12.1 Å². The maximum atomic E-state index is 11.4. The lowest BCUT2D eigenvalue weighted by Crippen LogP contribution is -2.32. The fourth-order valence-electron chi connectivity index (χ4n) is 3.21. The molecule has 24 heavy (non-hydrogen) atoms. The van der Waals surface area contributed by atoms with Gasteiger partial charge in [-0.25, -0.2) is 0 Å². The molecule has 0 saturated carbocycles. The van der Waals surface area contributed by atoms with Crippen molar-refractivity contribution in [3.05, 3.63) is 69.8 Å². The van der Waals surface area contributed by atoms with Gasteiger partial charge in [-0.05, 0) is 36.1 Å². The third-order valence-corrected chi connectivity index (χ3v) is 4.62. The predicted octanol–water partition coefficient (Wildman–Crippen LogP) is 4.39. The molecule has 0 unspecified atom stereocenters. The Morgan fingerprint density at radius 1 is 1.12 bits per heavy atom. The molecule has 1 N–H and O–H groups in total. The summed E-state index contributed by atoms with van der Waals surface area (Å²) >= 11 is 0. The summed E-state index contributed by atoms with van der Waals surface area (Å²) < 4.78 is 5.18. The van der Waals surface area contributed by atoms with Crippen LogP contribution < -0.4 is 4.74 Å². The summed E-state index contributed by atoms with van der Waals surface area (Å²) in [4.78, 5) is 10.4. The Kier molecular flexibility index (Phi) is 5.57. The van der Waals surface area contributed by atoms with E-state index in [4.69, 9.17) is 4.74 Å². The van der Waals surface area contributed by atoms with Crippen LogP contribution in [0.4, 0.5) is 5.69 Å². The van der Waals surface area contributed by atoms with Crippen LogP contribution in [0.15, 0.2) is 48.5 Å². The van der Waals surface area contributed by atoms with Crippen molar-refractivity contribution in [2.45, 2.75) is 38.2 Å². The average molecular weight is 329 g/mol. The zero-order valence-corrected chi connectivity index (χ0v) is 14.2. The molecule has 5 nitrogen and oxygen atoms in total. The Hall–Kier alpha value is -2.40. The van der Waals surface area contributed by atoms with Crippen LogP contribution in [0, 0.1) is 10.1 Å². The predicted molar refractivity (Wildman–Crippen MR) is 93.3 cm³/mol. The molecule has 0 saturated heterocycles. The van der Waals surface area contributed by atoms with Crippen molar-refractivity contribution < 1.29 is 14.8 Å². The van der Waals surface area contributed by atoms with E-state index < -0.39 is 10.5 Å². The van der Waals surface area contributed by atoms with Crippen molar-refractivity contribution in [2.24, 2.45) is 0 Å². The van der Waals surface area contributed by atoms with Crippen LogP contribution in [0.1, 0.15) is 43.7 Å². The van der Waals surface area contributed by atoms with E-state index in [2.05, 4.69) is 0 Å². The fraction of sp³-hybridized carbons (Fsp3) is 0.368. The smallest absolute Gasteiger partial charge is 0.269 e. The SMILES string of the molecule is CC[C@H](c1ccc([N+](=O)[O-])cc1)[C@@](O)(CC)c1ccc(OC)cc1. The second kappa shape index (κ2) is 7.45. The van der Waals surface area contributed by atoms with Gasteiger partial charge in [-0.2, -0.15) is 0 Å². The number of ether oxygens (including phenoxy) is 1. The quantitative estimate of drug-likeness (QED) is 0.604. The molecule has 0 aliphatic carbocycles. The van der Waals surface area contributed by atoms with Gasteiger partial charge in [0.05, 0.1) is 17.6 Å². The first-order valence-corrected chi connectivity index (χ1v) is 8.07. The van der Waals surface area contributed by atoms with Crippen molar-refractivity contribution in [1.82, 2.24) is 0 Å². The highest BCUT2D eigenvalue weighted by Crippen LogP contribution is 2.42. The van der Waals surface area contributed by atoms with E-state index in [0.29, 0.717) is 12.8 Å². The Morgan fingerprint density at radius 2 is 1.71 bits per heavy atom. The molecular weight excluding hydrogens is 306 g/mol. The van der Waals surface area contributed by atoms with Gasteiger partial charge in [-0.1, -0.05) is 38.1 Å². The first-order chi connectivity index (χ1) is 11.5. The van der Waals surface area contributed by atoms with Crippen molar-refractivity contribution in [2.75, 3.05) is 7.11 Å². The molecule has 128 valence electrons. The molecule has 0 aliphatic heterocycles. The van der Waals surface area contributed by atoms with Gasteiger partial charge in [0, 0.05) is 18.1 Å². The van der Waals surface area contributed by atoms with E-state index in [9.17, 15) is 15.2 Å². The minimum Gasteiger partial charge on any atom is -0.497 e. The summed E-state index contributed by atoms with van der Waals surface area (Å²) in [5, 5.41) is 22.2. The van der Waals surface area contributed by atoms with Crippen LogP contribution in [0.3, 0.4) is 0 Å². The van der Waals surface area contributed by atoms with Gasteiger partial charge in [0.1, 0.15) is 5.75 Å². The fourth-order valence-corrected chi connectivity index (χ4v) is 3.21. The molecule has 0 bridgehead atoms. The molecule has 0 radical (unpaired) electrons. The van der Waals surface area contributed by atoms with E-state index in [1.54, 1.807) is 19.2 Å². The second-order valence-electron chi connectivity index (χ2n) is 5.82. The summed E-state index contributed by atoms with van der Waals surface area (Å²) in [5.74, 6) is 0.581. The molecular formula is C19H23NO4. The summed E-state index contributed by atoms with van der Waals surface area (Å²) in [7, 11) is 1.60. The number of benzene rings is 2. The van der Waals surface area contributed by atoms with E-state index in [0.717, 1.165) is 16.9 Å². The van der Waals surface area contributed by atoms with Gasteiger partial charge in [-0.15, -0.1) is 0 Å². The van der Waals surface area contributed by atoms with E-state index >= 15 is 0 Å². The first kappa shape index (κ1) is 17.9. The van der Waals surface area contributed by atoms with Crippen LogP contribution in [0.25, 0.3) is 0 Å². The maximum absolute atomic E-state index is 11.4. The molecule has 0 aliphatic rings. The van der Waals surface area contributed by atoms with Gasteiger partial charge < -0.3 is 9.84 Å². The summed E-state index contributed by atoms with van der Waals surface area (Å²) in [5.41, 5.74) is 0.717. The molecule has 2 aromatic carbocycles. The van der Waals surface area contributed by atoms with Crippen molar-refractivity contribution in [3.63, 3.8) is 0 Å². The van der Waals surface area contributed by atoms with Gasteiger partial charge in [0.2, 0.25) is 0 Å². The molecule has 0 amide bonds. The Morgan fingerprint density at radius 3 is 2.12 bits per heavy atom. The molecule has 5 heteroatoms. The number of methoxy groups -OCH3 is 1. The third kappa shape index (κ3) is 3.41. The molecule has 2 aromatic rings. The Balaban J connectivity index is 2.41. The monoisotopic (exact) mass is 329 g/mol. The molecule has 2 atom stereocenters.